The number of hydrogen-bond donors (Lipinski definition) is 2. The van der Waals surface area contributed by atoms with E-state index in [4.69, 9.17) is 16.3 Å². The van der Waals surface area contributed by atoms with E-state index in [2.05, 4.69) is 10.0 Å². The monoisotopic (exact) mass is 444 g/mol. The lowest BCUT2D eigenvalue weighted by Gasteiger charge is -2.11. The maximum Gasteiger partial charge on any atom is 0.261 e. The van der Waals surface area contributed by atoms with Crippen molar-refractivity contribution in [1.29, 1.82) is 0 Å². The molecule has 1 amide bonds. The van der Waals surface area contributed by atoms with Crippen LogP contribution in [0.25, 0.3) is 0 Å². The summed E-state index contributed by atoms with van der Waals surface area (Å²) < 4.78 is 32.9. The summed E-state index contributed by atoms with van der Waals surface area (Å²) >= 11 is 6.06. The minimum absolute atomic E-state index is 0.146. The van der Waals surface area contributed by atoms with Gasteiger partial charge in [-0.2, -0.15) is 0 Å². The van der Waals surface area contributed by atoms with Gasteiger partial charge in [-0.3, -0.25) is 9.52 Å². The van der Waals surface area contributed by atoms with E-state index < -0.39 is 10.0 Å². The SMILES string of the molecule is Cc1ccc(OCCNC(=O)c2cccc(NS(=O)(=O)c3ccccc3)c2)cc1Cl. The summed E-state index contributed by atoms with van der Waals surface area (Å²) in [4.78, 5) is 12.5. The highest BCUT2D eigenvalue weighted by Crippen LogP contribution is 2.21. The average molecular weight is 445 g/mol. The smallest absolute Gasteiger partial charge is 0.261 e. The summed E-state index contributed by atoms with van der Waals surface area (Å²) in [6.45, 7) is 2.45. The number of aryl methyl sites for hydroxylation is 1. The molecule has 0 aliphatic carbocycles. The second-order valence-corrected chi connectivity index (χ2v) is 8.60. The van der Waals surface area contributed by atoms with Crippen LogP contribution in [0.1, 0.15) is 15.9 Å². The van der Waals surface area contributed by atoms with Crippen molar-refractivity contribution in [3.63, 3.8) is 0 Å². The van der Waals surface area contributed by atoms with E-state index in [-0.39, 0.29) is 24.0 Å². The third-order valence-electron chi connectivity index (χ3n) is 4.23. The number of rotatable bonds is 8. The van der Waals surface area contributed by atoms with Gasteiger partial charge in [-0.05, 0) is 55.0 Å². The van der Waals surface area contributed by atoms with E-state index in [1.807, 2.05) is 19.1 Å². The van der Waals surface area contributed by atoms with Gasteiger partial charge in [0.05, 0.1) is 11.4 Å². The first-order valence-corrected chi connectivity index (χ1v) is 11.1. The number of ether oxygens (including phenoxy) is 1. The number of amides is 1. The Kier molecular flexibility index (Phi) is 6.97. The molecule has 0 aromatic heterocycles. The Hall–Kier alpha value is -3.03. The van der Waals surface area contributed by atoms with Crippen LogP contribution in [0.4, 0.5) is 5.69 Å². The Morgan fingerprint density at radius 1 is 1.00 bits per heavy atom. The summed E-state index contributed by atoms with van der Waals surface area (Å²) in [7, 11) is -3.73. The summed E-state index contributed by atoms with van der Waals surface area (Å²) in [5, 5.41) is 3.36. The number of sulfonamides is 1. The minimum Gasteiger partial charge on any atom is -0.492 e. The molecule has 0 aliphatic heterocycles. The Morgan fingerprint density at radius 2 is 1.77 bits per heavy atom. The van der Waals surface area contributed by atoms with E-state index in [1.54, 1.807) is 42.5 Å². The van der Waals surface area contributed by atoms with Crippen molar-refractivity contribution in [3.05, 3.63) is 88.9 Å². The van der Waals surface area contributed by atoms with Crippen LogP contribution < -0.4 is 14.8 Å². The molecule has 3 aromatic carbocycles. The van der Waals surface area contributed by atoms with Gasteiger partial charge in [0.25, 0.3) is 15.9 Å². The van der Waals surface area contributed by atoms with Gasteiger partial charge in [0.2, 0.25) is 0 Å². The van der Waals surface area contributed by atoms with E-state index >= 15 is 0 Å². The highest BCUT2D eigenvalue weighted by Gasteiger charge is 2.14. The molecule has 0 spiro atoms. The Bertz CT molecular complexity index is 1130. The lowest BCUT2D eigenvalue weighted by atomic mass is 10.2. The number of anilines is 1. The molecule has 156 valence electrons. The molecule has 3 aromatic rings. The van der Waals surface area contributed by atoms with Gasteiger partial charge >= 0.3 is 0 Å². The first kappa shape index (κ1) is 21.7. The maximum absolute atomic E-state index is 12.4. The Balaban J connectivity index is 1.56. The summed E-state index contributed by atoms with van der Waals surface area (Å²) in [5.74, 6) is 0.290. The van der Waals surface area contributed by atoms with E-state index in [0.717, 1.165) is 5.56 Å². The molecule has 30 heavy (non-hydrogen) atoms. The van der Waals surface area contributed by atoms with Gasteiger partial charge in [-0.25, -0.2) is 8.42 Å². The minimum atomic E-state index is -3.73. The predicted octanol–water partition coefficient (Wildman–Crippen LogP) is 4.26. The lowest BCUT2D eigenvalue weighted by Crippen LogP contribution is -2.28. The summed E-state index contributed by atoms with van der Waals surface area (Å²) in [6.07, 6.45) is 0. The molecule has 0 saturated heterocycles. The second-order valence-electron chi connectivity index (χ2n) is 6.51. The van der Waals surface area contributed by atoms with Crippen LogP contribution in [0.5, 0.6) is 5.75 Å². The zero-order chi connectivity index (χ0) is 21.6. The molecule has 0 heterocycles. The van der Waals surface area contributed by atoms with Crippen LogP contribution >= 0.6 is 11.6 Å². The third kappa shape index (κ3) is 5.75. The number of benzene rings is 3. The van der Waals surface area contributed by atoms with Crippen molar-refractivity contribution in [2.24, 2.45) is 0 Å². The predicted molar refractivity (Wildman–Crippen MR) is 118 cm³/mol. The van der Waals surface area contributed by atoms with Gasteiger partial charge < -0.3 is 10.1 Å². The highest BCUT2D eigenvalue weighted by molar-refractivity contribution is 7.92. The molecule has 6 nitrogen and oxygen atoms in total. The largest absolute Gasteiger partial charge is 0.492 e. The van der Waals surface area contributed by atoms with Gasteiger partial charge in [0, 0.05) is 16.3 Å². The summed E-state index contributed by atoms with van der Waals surface area (Å²) in [6, 6.07) is 19.7. The lowest BCUT2D eigenvalue weighted by molar-refractivity contribution is 0.0947. The quantitative estimate of drug-likeness (QED) is 0.508. The van der Waals surface area contributed by atoms with Crippen LogP contribution in [0.3, 0.4) is 0 Å². The first-order chi connectivity index (χ1) is 14.3. The topological polar surface area (TPSA) is 84.5 Å². The standard InChI is InChI=1S/C22H21ClN2O4S/c1-16-10-11-19(15-21(16)23)29-13-12-24-22(26)17-6-5-7-18(14-17)25-30(27,28)20-8-3-2-4-9-20/h2-11,14-15,25H,12-13H2,1H3,(H,24,26). The van der Waals surface area contributed by atoms with Crippen LogP contribution in [0, 0.1) is 6.92 Å². The third-order valence-corrected chi connectivity index (χ3v) is 6.03. The van der Waals surface area contributed by atoms with Crippen molar-refractivity contribution in [2.45, 2.75) is 11.8 Å². The zero-order valence-electron chi connectivity index (χ0n) is 16.3. The number of hydrogen-bond acceptors (Lipinski definition) is 4. The fraction of sp³-hybridized carbons (Fsp3) is 0.136. The number of carbonyl (C=O) groups excluding carboxylic acids is 1. The van der Waals surface area contributed by atoms with Crippen LogP contribution in [0.2, 0.25) is 5.02 Å². The first-order valence-electron chi connectivity index (χ1n) is 9.20. The average Bonchev–Trinajstić information content (AvgIpc) is 2.74. The van der Waals surface area contributed by atoms with Crippen LogP contribution in [-0.4, -0.2) is 27.5 Å². The molecular weight excluding hydrogens is 424 g/mol. The number of nitrogens with one attached hydrogen (secondary N) is 2. The molecule has 3 rings (SSSR count). The molecule has 0 unspecified atom stereocenters. The molecule has 8 heteroatoms. The molecular formula is C22H21ClN2O4S. The summed E-state index contributed by atoms with van der Waals surface area (Å²) in [5.41, 5.74) is 1.60. The van der Waals surface area contributed by atoms with Gasteiger partial charge in [0.15, 0.2) is 0 Å². The molecule has 0 atom stereocenters. The van der Waals surface area contributed by atoms with E-state index in [9.17, 15) is 13.2 Å². The van der Waals surface area contributed by atoms with Gasteiger partial charge in [-0.15, -0.1) is 0 Å². The van der Waals surface area contributed by atoms with Gasteiger partial charge in [-0.1, -0.05) is 41.9 Å². The molecule has 0 saturated carbocycles. The second kappa shape index (κ2) is 9.65. The van der Waals surface area contributed by atoms with Crippen molar-refractivity contribution in [1.82, 2.24) is 5.32 Å². The normalized spacial score (nSPS) is 11.0. The molecule has 0 fully saturated rings. The van der Waals surface area contributed by atoms with Crippen LogP contribution in [-0.2, 0) is 10.0 Å². The molecule has 0 aliphatic rings. The van der Waals surface area contributed by atoms with E-state index in [0.29, 0.717) is 22.0 Å². The maximum atomic E-state index is 12.4. The van der Waals surface area contributed by atoms with E-state index in [1.165, 1.54) is 18.2 Å². The fourth-order valence-corrected chi connectivity index (χ4v) is 3.88. The molecule has 2 N–H and O–H groups in total. The van der Waals surface area contributed by atoms with Crippen molar-refractivity contribution in [3.8, 4) is 5.75 Å². The molecule has 0 radical (unpaired) electrons. The van der Waals surface area contributed by atoms with Crippen molar-refractivity contribution in [2.75, 3.05) is 17.9 Å². The van der Waals surface area contributed by atoms with Crippen molar-refractivity contribution >= 4 is 33.2 Å². The number of carbonyl (C=O) groups is 1. The Labute approximate surface area is 180 Å². The van der Waals surface area contributed by atoms with Crippen LogP contribution in [0.15, 0.2) is 77.7 Å². The number of halogens is 1. The van der Waals surface area contributed by atoms with Crippen molar-refractivity contribution < 1.29 is 17.9 Å². The fourth-order valence-electron chi connectivity index (χ4n) is 2.64. The van der Waals surface area contributed by atoms with Gasteiger partial charge in [0.1, 0.15) is 12.4 Å². The zero-order valence-corrected chi connectivity index (χ0v) is 17.8. The Morgan fingerprint density at radius 3 is 2.50 bits per heavy atom. The highest BCUT2D eigenvalue weighted by atomic mass is 35.5. The molecule has 0 bridgehead atoms.